The minimum Gasteiger partial charge on any atom is -0.457 e. The molecule has 0 bridgehead atoms. The minimum absolute atomic E-state index is 0.00839. The Bertz CT molecular complexity index is 1290. The Morgan fingerprint density at radius 2 is 1.50 bits per heavy atom. The van der Waals surface area contributed by atoms with Crippen molar-refractivity contribution < 1.29 is 9.53 Å². The number of aromatic nitrogens is 2. The van der Waals surface area contributed by atoms with Gasteiger partial charge in [-0.1, -0.05) is 48.5 Å². The largest absolute Gasteiger partial charge is 0.457 e. The van der Waals surface area contributed by atoms with Crippen LogP contribution in [0.25, 0.3) is 11.3 Å². The average Bonchev–Trinajstić information content (AvgIpc) is 2.86. The molecule has 0 spiro atoms. The lowest BCUT2D eigenvalue weighted by molar-refractivity contribution is -0.132. The standard InChI is InChI=1S/C28H27N3O3/c1-21(19-22-9-5-3-6-10-22)30(2)28(33)20-31-27(32)18-17-26(29-31)23-13-15-25(16-14-23)34-24-11-7-4-8-12-24/h3-18,21H,19-20H2,1-2H3. The van der Waals surface area contributed by atoms with Gasteiger partial charge in [0, 0.05) is 24.7 Å². The quantitative estimate of drug-likeness (QED) is 0.385. The molecule has 6 heteroatoms. The van der Waals surface area contributed by atoms with Crippen LogP contribution >= 0.6 is 0 Å². The topological polar surface area (TPSA) is 64.4 Å². The molecule has 0 saturated heterocycles. The van der Waals surface area contributed by atoms with Crippen molar-refractivity contribution in [3.8, 4) is 22.8 Å². The van der Waals surface area contributed by atoms with Gasteiger partial charge in [-0.25, -0.2) is 4.68 Å². The van der Waals surface area contributed by atoms with E-state index in [2.05, 4.69) is 5.10 Å². The lowest BCUT2D eigenvalue weighted by atomic mass is 10.1. The summed E-state index contributed by atoms with van der Waals surface area (Å²) in [7, 11) is 1.76. The van der Waals surface area contributed by atoms with E-state index in [9.17, 15) is 9.59 Å². The van der Waals surface area contributed by atoms with Crippen molar-refractivity contribution >= 4 is 5.91 Å². The lowest BCUT2D eigenvalue weighted by Crippen LogP contribution is -2.40. The number of hydrogen-bond donors (Lipinski definition) is 0. The summed E-state index contributed by atoms with van der Waals surface area (Å²) < 4.78 is 7.05. The second kappa shape index (κ2) is 10.6. The van der Waals surface area contributed by atoms with Crippen molar-refractivity contribution in [3.63, 3.8) is 0 Å². The summed E-state index contributed by atoms with van der Waals surface area (Å²) >= 11 is 0. The first-order chi connectivity index (χ1) is 16.5. The van der Waals surface area contributed by atoms with Gasteiger partial charge in [0.25, 0.3) is 5.56 Å². The molecular weight excluding hydrogens is 426 g/mol. The number of amides is 1. The molecule has 6 nitrogen and oxygen atoms in total. The van der Waals surface area contributed by atoms with E-state index in [0.717, 1.165) is 23.3 Å². The molecule has 4 aromatic rings. The van der Waals surface area contributed by atoms with E-state index in [0.29, 0.717) is 11.4 Å². The molecule has 1 heterocycles. The fourth-order valence-corrected chi connectivity index (χ4v) is 3.61. The Hall–Kier alpha value is -4.19. The SMILES string of the molecule is CC(Cc1ccccc1)N(C)C(=O)Cn1nc(-c2ccc(Oc3ccccc3)cc2)ccc1=O. The molecule has 0 aliphatic rings. The number of nitrogens with zero attached hydrogens (tertiary/aromatic N) is 3. The second-order valence-electron chi connectivity index (χ2n) is 8.20. The minimum atomic E-state index is -0.315. The zero-order valence-corrected chi connectivity index (χ0v) is 19.3. The van der Waals surface area contributed by atoms with Gasteiger partial charge >= 0.3 is 0 Å². The molecule has 1 amide bonds. The van der Waals surface area contributed by atoms with Crippen LogP contribution in [-0.2, 0) is 17.8 Å². The molecule has 1 aromatic heterocycles. The molecule has 0 saturated carbocycles. The van der Waals surface area contributed by atoms with Gasteiger partial charge < -0.3 is 9.64 Å². The van der Waals surface area contributed by atoms with E-state index in [1.807, 2.05) is 91.9 Å². The van der Waals surface area contributed by atoms with Crippen LogP contribution in [0.5, 0.6) is 11.5 Å². The third-order valence-corrected chi connectivity index (χ3v) is 5.71. The van der Waals surface area contributed by atoms with Crippen LogP contribution in [0.1, 0.15) is 12.5 Å². The van der Waals surface area contributed by atoms with Crippen LogP contribution in [-0.4, -0.2) is 33.7 Å². The summed E-state index contributed by atoms with van der Waals surface area (Å²) in [5.41, 5.74) is 2.28. The van der Waals surface area contributed by atoms with Gasteiger partial charge in [0.1, 0.15) is 18.0 Å². The molecule has 4 rings (SSSR count). The molecule has 0 radical (unpaired) electrons. The van der Waals surface area contributed by atoms with Crippen LogP contribution < -0.4 is 10.3 Å². The normalized spacial score (nSPS) is 11.6. The molecule has 1 atom stereocenters. The average molecular weight is 454 g/mol. The fourth-order valence-electron chi connectivity index (χ4n) is 3.61. The number of para-hydroxylation sites is 1. The summed E-state index contributed by atoms with van der Waals surface area (Å²) in [4.78, 5) is 26.9. The van der Waals surface area contributed by atoms with Crippen LogP contribution in [0.3, 0.4) is 0 Å². The van der Waals surface area contributed by atoms with E-state index in [1.165, 1.54) is 10.7 Å². The van der Waals surface area contributed by atoms with Crippen LogP contribution in [0.15, 0.2) is 102 Å². The Balaban J connectivity index is 1.44. The van der Waals surface area contributed by atoms with Crippen LogP contribution in [0, 0.1) is 0 Å². The summed E-state index contributed by atoms with van der Waals surface area (Å²) in [5, 5.41) is 4.44. The molecule has 0 aliphatic heterocycles. The monoisotopic (exact) mass is 453 g/mol. The number of carbonyl (C=O) groups is 1. The predicted octanol–water partition coefficient (Wildman–Crippen LogP) is 4.79. The van der Waals surface area contributed by atoms with Crippen molar-refractivity contribution in [2.24, 2.45) is 0 Å². The molecular formula is C28H27N3O3. The number of likely N-dealkylation sites (N-methyl/N-ethyl adjacent to an activating group) is 1. The van der Waals surface area contributed by atoms with Crippen molar-refractivity contribution in [2.75, 3.05) is 7.05 Å². The van der Waals surface area contributed by atoms with E-state index >= 15 is 0 Å². The van der Waals surface area contributed by atoms with Crippen LogP contribution in [0.2, 0.25) is 0 Å². The maximum absolute atomic E-state index is 12.9. The Labute approximate surface area is 199 Å². The zero-order valence-electron chi connectivity index (χ0n) is 19.3. The molecule has 3 aromatic carbocycles. The number of ether oxygens (including phenoxy) is 1. The maximum Gasteiger partial charge on any atom is 0.267 e. The third kappa shape index (κ3) is 5.78. The van der Waals surface area contributed by atoms with E-state index < -0.39 is 0 Å². The molecule has 34 heavy (non-hydrogen) atoms. The van der Waals surface area contributed by atoms with Crippen LogP contribution in [0.4, 0.5) is 0 Å². The van der Waals surface area contributed by atoms with E-state index in [1.54, 1.807) is 18.0 Å². The Morgan fingerprint density at radius 1 is 0.882 bits per heavy atom. The smallest absolute Gasteiger partial charge is 0.267 e. The lowest BCUT2D eigenvalue weighted by Gasteiger charge is -2.25. The van der Waals surface area contributed by atoms with E-state index in [4.69, 9.17) is 4.74 Å². The molecule has 0 N–H and O–H groups in total. The Morgan fingerprint density at radius 3 is 2.18 bits per heavy atom. The second-order valence-corrected chi connectivity index (χ2v) is 8.20. The van der Waals surface area contributed by atoms with Gasteiger partial charge in [-0.3, -0.25) is 9.59 Å². The third-order valence-electron chi connectivity index (χ3n) is 5.71. The first-order valence-electron chi connectivity index (χ1n) is 11.2. The van der Waals surface area contributed by atoms with Gasteiger partial charge in [-0.15, -0.1) is 0 Å². The fraction of sp³-hybridized carbons (Fsp3) is 0.179. The Kier molecular flexibility index (Phi) is 7.18. The summed E-state index contributed by atoms with van der Waals surface area (Å²) in [6.45, 7) is 1.88. The molecule has 0 aliphatic carbocycles. The summed E-state index contributed by atoms with van der Waals surface area (Å²) in [6, 6.07) is 30.1. The summed E-state index contributed by atoms with van der Waals surface area (Å²) in [6.07, 6.45) is 0.739. The number of hydrogen-bond acceptors (Lipinski definition) is 4. The van der Waals surface area contributed by atoms with Crippen molar-refractivity contribution in [1.29, 1.82) is 0 Å². The highest BCUT2D eigenvalue weighted by Gasteiger charge is 2.18. The highest BCUT2D eigenvalue weighted by molar-refractivity contribution is 5.76. The van der Waals surface area contributed by atoms with Gasteiger partial charge in [0.15, 0.2) is 0 Å². The summed E-state index contributed by atoms with van der Waals surface area (Å²) in [5.74, 6) is 1.29. The first kappa shape index (κ1) is 23.0. The number of carbonyl (C=O) groups excluding carboxylic acids is 1. The van der Waals surface area contributed by atoms with E-state index in [-0.39, 0.29) is 24.1 Å². The van der Waals surface area contributed by atoms with Gasteiger partial charge in [0.2, 0.25) is 5.91 Å². The zero-order chi connectivity index (χ0) is 23.9. The molecule has 0 fully saturated rings. The number of benzene rings is 3. The van der Waals surface area contributed by atoms with Gasteiger partial charge in [-0.05, 0) is 61.4 Å². The van der Waals surface area contributed by atoms with Crippen molar-refractivity contribution in [3.05, 3.63) is 113 Å². The van der Waals surface area contributed by atoms with Crippen molar-refractivity contribution in [2.45, 2.75) is 25.9 Å². The molecule has 172 valence electrons. The highest BCUT2D eigenvalue weighted by Crippen LogP contribution is 2.24. The number of rotatable bonds is 8. The predicted molar refractivity (Wildman–Crippen MR) is 133 cm³/mol. The highest BCUT2D eigenvalue weighted by atomic mass is 16.5. The van der Waals surface area contributed by atoms with Crippen molar-refractivity contribution in [1.82, 2.24) is 14.7 Å². The maximum atomic E-state index is 12.9. The first-order valence-corrected chi connectivity index (χ1v) is 11.2. The van der Waals surface area contributed by atoms with Gasteiger partial charge in [-0.2, -0.15) is 5.10 Å². The molecule has 1 unspecified atom stereocenters. The van der Waals surface area contributed by atoms with Gasteiger partial charge in [0.05, 0.1) is 5.69 Å².